The van der Waals surface area contributed by atoms with Gasteiger partial charge in [-0.1, -0.05) is 18.2 Å². The van der Waals surface area contributed by atoms with Crippen LogP contribution in [0.4, 0.5) is 0 Å². The van der Waals surface area contributed by atoms with Crippen molar-refractivity contribution in [1.82, 2.24) is 14.5 Å². The number of hydrogen-bond acceptors (Lipinski definition) is 5. The van der Waals surface area contributed by atoms with Crippen LogP contribution in [0.25, 0.3) is 0 Å². The van der Waals surface area contributed by atoms with Gasteiger partial charge in [-0.3, -0.25) is 9.69 Å². The molecule has 1 amide bonds. The average molecular weight is 408 g/mol. The summed E-state index contributed by atoms with van der Waals surface area (Å²) in [5.74, 6) is 0.137. The maximum Gasteiger partial charge on any atom is 0.254 e. The fourth-order valence-electron chi connectivity index (χ4n) is 4.49. The van der Waals surface area contributed by atoms with Crippen LogP contribution in [0.1, 0.15) is 36.0 Å². The van der Waals surface area contributed by atoms with Crippen LogP contribution in [0.5, 0.6) is 0 Å². The Bertz CT molecular complexity index is 780. The molecule has 1 N–H and O–H groups in total. The van der Waals surface area contributed by atoms with Crippen LogP contribution in [0.3, 0.4) is 0 Å². The summed E-state index contributed by atoms with van der Waals surface area (Å²) in [4.78, 5) is 17.2. The van der Waals surface area contributed by atoms with E-state index in [2.05, 4.69) is 9.62 Å². The Morgan fingerprint density at radius 2 is 2.00 bits per heavy atom. The normalized spacial score (nSPS) is 29.9. The molecule has 8 heteroatoms. The Labute approximate surface area is 167 Å². The molecule has 3 fully saturated rings. The van der Waals surface area contributed by atoms with Gasteiger partial charge in [0.25, 0.3) is 5.91 Å². The second-order valence-electron chi connectivity index (χ2n) is 8.01. The van der Waals surface area contributed by atoms with Crippen LogP contribution in [0.15, 0.2) is 30.3 Å². The molecule has 0 radical (unpaired) electrons. The number of rotatable bonds is 7. The minimum atomic E-state index is -3.34. The number of amides is 1. The summed E-state index contributed by atoms with van der Waals surface area (Å²) in [5, 5.41) is 0. The van der Waals surface area contributed by atoms with E-state index in [0.29, 0.717) is 25.1 Å². The molecule has 7 nitrogen and oxygen atoms in total. The van der Waals surface area contributed by atoms with Crippen molar-refractivity contribution in [2.45, 2.75) is 43.9 Å². The van der Waals surface area contributed by atoms with Crippen molar-refractivity contribution in [3.63, 3.8) is 0 Å². The zero-order valence-corrected chi connectivity index (χ0v) is 16.9. The highest BCUT2D eigenvalue weighted by Crippen LogP contribution is 2.26. The van der Waals surface area contributed by atoms with Gasteiger partial charge in [-0.2, -0.15) is 0 Å². The predicted molar refractivity (Wildman–Crippen MR) is 107 cm³/mol. The number of fused-ring (bicyclic) bond motifs is 2. The first kappa shape index (κ1) is 19.8. The number of sulfonamides is 1. The summed E-state index contributed by atoms with van der Waals surface area (Å²) in [6.07, 6.45) is 3.53. The van der Waals surface area contributed by atoms with Gasteiger partial charge in [0.2, 0.25) is 10.0 Å². The van der Waals surface area contributed by atoms with Gasteiger partial charge >= 0.3 is 0 Å². The van der Waals surface area contributed by atoms with Crippen LogP contribution < -0.4 is 4.72 Å². The topological polar surface area (TPSA) is 79.0 Å². The Morgan fingerprint density at radius 1 is 1.18 bits per heavy atom. The summed E-state index contributed by atoms with van der Waals surface area (Å²) in [6, 6.07) is 9.57. The summed E-state index contributed by atoms with van der Waals surface area (Å²) < 4.78 is 33.1. The number of carbonyl (C=O) groups is 1. The largest absolute Gasteiger partial charge is 0.378 e. The molecule has 4 unspecified atom stereocenters. The highest BCUT2D eigenvalue weighted by atomic mass is 32.2. The Hall–Kier alpha value is -1.48. The van der Waals surface area contributed by atoms with E-state index in [9.17, 15) is 13.2 Å². The first-order chi connectivity index (χ1) is 13.5. The molecule has 4 rings (SSSR count). The van der Waals surface area contributed by atoms with Crippen molar-refractivity contribution in [2.24, 2.45) is 0 Å². The lowest BCUT2D eigenvalue weighted by Gasteiger charge is -2.40. The number of piperazine rings is 1. The van der Waals surface area contributed by atoms with E-state index in [1.165, 1.54) is 0 Å². The standard InChI is InChI=1S/C20H29N3O4S/c24-20(16-5-2-1-3-6-16)23-15-18(22-10-8-17(23)14-22)13-21-28(25,26)12-9-19-7-4-11-27-19/h1-3,5-6,17-19,21H,4,7-15H2. The number of hydrogen-bond donors (Lipinski definition) is 1. The Kier molecular flexibility index (Phi) is 6.01. The van der Waals surface area contributed by atoms with Crippen LogP contribution in [0, 0.1) is 0 Å². The van der Waals surface area contributed by atoms with Gasteiger partial charge in [0.05, 0.1) is 11.9 Å². The quantitative estimate of drug-likeness (QED) is 0.732. The minimum Gasteiger partial charge on any atom is -0.378 e. The predicted octanol–water partition coefficient (Wildman–Crippen LogP) is 1.07. The van der Waals surface area contributed by atoms with E-state index in [4.69, 9.17) is 4.74 Å². The number of benzene rings is 1. The third-order valence-corrected chi connectivity index (χ3v) is 7.49. The number of nitrogens with zero attached hydrogens (tertiary/aromatic N) is 2. The lowest BCUT2D eigenvalue weighted by atomic mass is 10.1. The Morgan fingerprint density at radius 3 is 2.75 bits per heavy atom. The molecular weight excluding hydrogens is 378 g/mol. The summed E-state index contributed by atoms with van der Waals surface area (Å²) in [7, 11) is -3.34. The van der Waals surface area contributed by atoms with Crippen molar-refractivity contribution < 1.29 is 17.9 Å². The van der Waals surface area contributed by atoms with Gasteiger partial charge in [0.15, 0.2) is 0 Å². The molecule has 3 heterocycles. The van der Waals surface area contributed by atoms with E-state index >= 15 is 0 Å². The second-order valence-corrected chi connectivity index (χ2v) is 9.93. The fraction of sp³-hybridized carbons (Fsp3) is 0.650. The van der Waals surface area contributed by atoms with E-state index in [0.717, 1.165) is 39.0 Å². The average Bonchev–Trinajstić information content (AvgIpc) is 3.37. The van der Waals surface area contributed by atoms with Crippen LogP contribution in [-0.4, -0.2) is 80.9 Å². The number of carbonyl (C=O) groups excluding carboxylic acids is 1. The maximum atomic E-state index is 12.9. The SMILES string of the molecule is O=C(c1ccccc1)N1CC(CNS(=O)(=O)CCC2CCCO2)N2CCC1C2. The molecule has 0 aliphatic carbocycles. The molecule has 0 spiro atoms. The van der Waals surface area contributed by atoms with Gasteiger partial charge < -0.3 is 9.64 Å². The molecule has 154 valence electrons. The summed E-state index contributed by atoms with van der Waals surface area (Å²) in [5.41, 5.74) is 0.693. The smallest absolute Gasteiger partial charge is 0.254 e. The fourth-order valence-corrected chi connectivity index (χ4v) is 5.65. The molecule has 0 saturated carbocycles. The van der Waals surface area contributed by atoms with Crippen molar-refractivity contribution in [3.05, 3.63) is 35.9 Å². The maximum absolute atomic E-state index is 12.9. The zero-order chi connectivity index (χ0) is 19.6. The first-order valence-electron chi connectivity index (χ1n) is 10.2. The van der Waals surface area contributed by atoms with Crippen molar-refractivity contribution in [1.29, 1.82) is 0 Å². The molecular formula is C20H29N3O4S. The molecule has 2 bridgehead atoms. The Balaban J connectivity index is 1.34. The highest BCUT2D eigenvalue weighted by molar-refractivity contribution is 7.89. The highest BCUT2D eigenvalue weighted by Gasteiger charge is 2.41. The van der Waals surface area contributed by atoms with E-state index in [1.807, 2.05) is 35.2 Å². The van der Waals surface area contributed by atoms with E-state index in [1.54, 1.807) is 0 Å². The molecule has 0 aromatic heterocycles. The van der Waals surface area contributed by atoms with Gasteiger partial charge in [-0.15, -0.1) is 0 Å². The molecule has 28 heavy (non-hydrogen) atoms. The molecule has 3 aliphatic rings. The molecule has 4 atom stereocenters. The van der Waals surface area contributed by atoms with Crippen LogP contribution in [0.2, 0.25) is 0 Å². The first-order valence-corrected chi connectivity index (χ1v) is 11.9. The minimum absolute atomic E-state index is 0.0175. The molecule has 1 aromatic rings. The third-order valence-electron chi connectivity index (χ3n) is 6.11. The second kappa shape index (κ2) is 8.49. The van der Waals surface area contributed by atoms with E-state index in [-0.39, 0.29) is 29.8 Å². The third kappa shape index (κ3) is 4.56. The number of nitrogens with one attached hydrogen (secondary N) is 1. The van der Waals surface area contributed by atoms with Crippen LogP contribution in [-0.2, 0) is 14.8 Å². The number of ether oxygens (including phenoxy) is 1. The molecule has 1 aromatic carbocycles. The molecule has 3 aliphatic heterocycles. The van der Waals surface area contributed by atoms with Gasteiger partial charge in [-0.05, 0) is 37.8 Å². The molecule has 3 saturated heterocycles. The van der Waals surface area contributed by atoms with Gasteiger partial charge in [-0.25, -0.2) is 13.1 Å². The monoisotopic (exact) mass is 407 g/mol. The zero-order valence-electron chi connectivity index (χ0n) is 16.1. The summed E-state index contributed by atoms with van der Waals surface area (Å²) in [6.45, 7) is 3.37. The van der Waals surface area contributed by atoms with Crippen LogP contribution >= 0.6 is 0 Å². The van der Waals surface area contributed by atoms with Crippen molar-refractivity contribution >= 4 is 15.9 Å². The lowest BCUT2D eigenvalue weighted by Crippen LogP contribution is -2.57. The lowest BCUT2D eigenvalue weighted by molar-refractivity contribution is 0.0502. The van der Waals surface area contributed by atoms with Crippen molar-refractivity contribution in [2.75, 3.05) is 38.5 Å². The van der Waals surface area contributed by atoms with Gasteiger partial charge in [0, 0.05) is 50.4 Å². The van der Waals surface area contributed by atoms with Gasteiger partial charge in [0.1, 0.15) is 0 Å². The van der Waals surface area contributed by atoms with E-state index < -0.39 is 10.0 Å². The van der Waals surface area contributed by atoms with Crippen molar-refractivity contribution in [3.8, 4) is 0 Å². The summed E-state index contributed by atoms with van der Waals surface area (Å²) >= 11 is 0.